The molecule has 24 heavy (non-hydrogen) atoms. The summed E-state index contributed by atoms with van der Waals surface area (Å²) in [4.78, 5) is 27.8. The number of rotatable bonds is 1. The van der Waals surface area contributed by atoms with Gasteiger partial charge in [-0.1, -0.05) is 69.9 Å². The van der Waals surface area contributed by atoms with E-state index in [4.69, 9.17) is 0 Å². The van der Waals surface area contributed by atoms with Gasteiger partial charge in [-0.3, -0.25) is 14.5 Å². The fourth-order valence-corrected chi connectivity index (χ4v) is 5.69. The number of allylic oxidation sites excluding steroid dienone is 2. The van der Waals surface area contributed by atoms with Crippen molar-refractivity contribution in [3.05, 3.63) is 12.2 Å². The average Bonchev–Trinajstić information content (AvgIpc) is 3.23. The minimum Gasteiger partial charge on any atom is -0.279 e. The highest BCUT2D eigenvalue weighted by Crippen LogP contribution is 2.53. The Labute approximate surface area is 145 Å². The maximum atomic E-state index is 13.0. The minimum absolute atomic E-state index is 0.0196. The molecule has 2 bridgehead atoms. The average molecular weight is 329 g/mol. The van der Waals surface area contributed by atoms with Crippen molar-refractivity contribution in [2.24, 2.45) is 23.7 Å². The second-order valence-electron chi connectivity index (χ2n) is 8.46. The third kappa shape index (κ3) is 2.84. The zero-order valence-corrected chi connectivity index (χ0v) is 14.8. The number of nitrogens with zero attached hydrogens (tertiary/aromatic N) is 1. The molecule has 132 valence electrons. The van der Waals surface area contributed by atoms with Gasteiger partial charge < -0.3 is 0 Å². The summed E-state index contributed by atoms with van der Waals surface area (Å²) in [6.07, 6.45) is 19.0. The molecule has 2 saturated carbocycles. The van der Waals surface area contributed by atoms with Crippen LogP contribution in [0.4, 0.5) is 0 Å². The van der Waals surface area contributed by atoms with Crippen LogP contribution < -0.4 is 0 Å². The van der Waals surface area contributed by atoms with Gasteiger partial charge in [-0.2, -0.15) is 0 Å². The highest BCUT2D eigenvalue weighted by molar-refractivity contribution is 6.06. The third-order valence-corrected chi connectivity index (χ3v) is 6.94. The summed E-state index contributed by atoms with van der Waals surface area (Å²) in [6.45, 7) is 0. The first-order valence-corrected chi connectivity index (χ1v) is 10.3. The highest BCUT2D eigenvalue weighted by atomic mass is 16.2. The van der Waals surface area contributed by atoms with Crippen LogP contribution in [-0.2, 0) is 9.59 Å². The molecule has 0 aromatic rings. The first kappa shape index (κ1) is 16.4. The molecular weight excluding hydrogens is 298 g/mol. The minimum atomic E-state index is -0.0196. The zero-order chi connectivity index (χ0) is 16.5. The van der Waals surface area contributed by atoms with Crippen molar-refractivity contribution in [2.75, 3.05) is 0 Å². The van der Waals surface area contributed by atoms with Crippen molar-refractivity contribution >= 4 is 11.8 Å². The Kier molecular flexibility index (Phi) is 4.78. The second kappa shape index (κ2) is 7.01. The molecule has 4 aliphatic rings. The SMILES string of the molecule is O=C1[C@H]2[C@H](C(=O)N1C1CCCCCCCCCCC1)[C@H]1C=C[C@H]2C1. The van der Waals surface area contributed by atoms with Crippen molar-refractivity contribution < 1.29 is 9.59 Å². The van der Waals surface area contributed by atoms with Gasteiger partial charge in [-0.25, -0.2) is 0 Å². The molecule has 3 aliphatic carbocycles. The molecule has 0 radical (unpaired) electrons. The van der Waals surface area contributed by atoms with Crippen molar-refractivity contribution in [1.29, 1.82) is 0 Å². The number of likely N-dealkylation sites (tertiary alicyclic amines) is 1. The lowest BCUT2D eigenvalue weighted by molar-refractivity contribution is -0.143. The van der Waals surface area contributed by atoms with Crippen molar-refractivity contribution in [3.8, 4) is 0 Å². The molecule has 1 aliphatic heterocycles. The van der Waals surface area contributed by atoms with E-state index >= 15 is 0 Å². The predicted molar refractivity (Wildman–Crippen MR) is 94.1 cm³/mol. The highest BCUT2D eigenvalue weighted by Gasteiger charge is 2.60. The van der Waals surface area contributed by atoms with E-state index in [1.54, 1.807) is 4.90 Å². The van der Waals surface area contributed by atoms with Crippen LogP contribution >= 0.6 is 0 Å². The van der Waals surface area contributed by atoms with E-state index in [0.717, 1.165) is 19.3 Å². The van der Waals surface area contributed by atoms with E-state index in [2.05, 4.69) is 12.2 Å². The van der Waals surface area contributed by atoms with Gasteiger partial charge in [0.2, 0.25) is 11.8 Å². The Morgan fingerprint density at radius 3 is 1.54 bits per heavy atom. The lowest BCUT2D eigenvalue weighted by atomic mass is 9.85. The number of imide groups is 1. The van der Waals surface area contributed by atoms with Crippen LogP contribution in [0, 0.1) is 23.7 Å². The summed E-state index contributed by atoms with van der Waals surface area (Å²) in [5.41, 5.74) is 0. The van der Waals surface area contributed by atoms with Crippen LogP contribution in [0.15, 0.2) is 12.2 Å². The number of hydrogen-bond donors (Lipinski definition) is 0. The Morgan fingerprint density at radius 2 is 1.08 bits per heavy atom. The van der Waals surface area contributed by atoms with E-state index in [1.807, 2.05) is 0 Å². The summed E-state index contributed by atoms with van der Waals surface area (Å²) in [5.74, 6) is 0.973. The van der Waals surface area contributed by atoms with Crippen LogP contribution in [0.25, 0.3) is 0 Å². The lowest BCUT2D eigenvalue weighted by Gasteiger charge is -2.28. The van der Waals surface area contributed by atoms with Gasteiger partial charge in [-0.15, -0.1) is 0 Å². The van der Waals surface area contributed by atoms with Crippen LogP contribution in [0.2, 0.25) is 0 Å². The molecule has 1 saturated heterocycles. The van der Waals surface area contributed by atoms with Crippen molar-refractivity contribution in [2.45, 2.75) is 83.1 Å². The Balaban J connectivity index is 1.46. The van der Waals surface area contributed by atoms with Gasteiger partial charge in [0.15, 0.2) is 0 Å². The summed E-state index contributed by atoms with van der Waals surface area (Å²) in [6, 6.07) is 0.175. The fraction of sp³-hybridized carbons (Fsp3) is 0.810. The molecule has 0 aromatic carbocycles. The molecule has 0 unspecified atom stereocenters. The van der Waals surface area contributed by atoms with Gasteiger partial charge in [-0.05, 0) is 31.1 Å². The molecule has 1 heterocycles. The summed E-state index contributed by atoms with van der Waals surface area (Å²) in [7, 11) is 0. The standard InChI is InChI=1S/C21H31NO2/c23-20-18-15-12-13-16(14-15)19(18)21(24)22(20)17-10-8-6-4-2-1-3-5-7-9-11-17/h12-13,15-19H,1-11,14H2/t15-,16-,18+,19+/m0/s1. The van der Waals surface area contributed by atoms with Crippen LogP contribution in [0.1, 0.15) is 77.0 Å². The summed E-state index contributed by atoms with van der Waals surface area (Å²) < 4.78 is 0. The van der Waals surface area contributed by atoms with Crippen LogP contribution in [0.5, 0.6) is 0 Å². The Bertz CT molecular complexity index is 484. The Hall–Kier alpha value is -1.12. The first-order chi connectivity index (χ1) is 11.8. The molecule has 3 nitrogen and oxygen atoms in total. The fourth-order valence-electron chi connectivity index (χ4n) is 5.69. The normalized spacial score (nSPS) is 38.2. The Morgan fingerprint density at radius 1 is 0.667 bits per heavy atom. The van der Waals surface area contributed by atoms with Crippen molar-refractivity contribution in [3.63, 3.8) is 0 Å². The first-order valence-electron chi connectivity index (χ1n) is 10.3. The second-order valence-corrected chi connectivity index (χ2v) is 8.46. The maximum absolute atomic E-state index is 13.0. The lowest BCUT2D eigenvalue weighted by Crippen LogP contribution is -2.42. The molecule has 4 rings (SSSR count). The van der Waals surface area contributed by atoms with E-state index in [1.165, 1.54) is 57.8 Å². The number of fused-ring (bicyclic) bond motifs is 5. The molecule has 0 spiro atoms. The molecule has 3 heteroatoms. The van der Waals surface area contributed by atoms with Gasteiger partial charge in [0, 0.05) is 6.04 Å². The topological polar surface area (TPSA) is 37.4 Å². The summed E-state index contributed by atoms with van der Waals surface area (Å²) in [5, 5.41) is 0. The zero-order valence-electron chi connectivity index (χ0n) is 14.8. The number of amides is 2. The predicted octanol–water partition coefficient (Wildman–Crippen LogP) is 4.47. The molecule has 0 N–H and O–H groups in total. The number of hydrogen-bond acceptors (Lipinski definition) is 2. The van der Waals surface area contributed by atoms with E-state index in [-0.39, 0.29) is 29.7 Å². The largest absolute Gasteiger partial charge is 0.279 e. The number of carbonyl (C=O) groups is 2. The third-order valence-electron chi connectivity index (χ3n) is 6.94. The smallest absolute Gasteiger partial charge is 0.233 e. The van der Waals surface area contributed by atoms with Crippen LogP contribution in [-0.4, -0.2) is 22.8 Å². The molecule has 2 amide bonds. The molecule has 3 fully saturated rings. The van der Waals surface area contributed by atoms with Gasteiger partial charge in [0.05, 0.1) is 11.8 Å². The quantitative estimate of drug-likeness (QED) is 0.526. The molecule has 4 atom stereocenters. The van der Waals surface area contributed by atoms with E-state index < -0.39 is 0 Å². The summed E-state index contributed by atoms with van der Waals surface area (Å²) >= 11 is 0. The van der Waals surface area contributed by atoms with E-state index in [0.29, 0.717) is 11.8 Å². The van der Waals surface area contributed by atoms with Crippen molar-refractivity contribution in [1.82, 2.24) is 4.90 Å². The number of carbonyl (C=O) groups excluding carboxylic acids is 2. The molecular formula is C21H31NO2. The monoisotopic (exact) mass is 329 g/mol. The maximum Gasteiger partial charge on any atom is 0.233 e. The molecule has 0 aromatic heterocycles. The van der Waals surface area contributed by atoms with Crippen LogP contribution in [0.3, 0.4) is 0 Å². The van der Waals surface area contributed by atoms with Gasteiger partial charge >= 0.3 is 0 Å². The van der Waals surface area contributed by atoms with E-state index in [9.17, 15) is 9.59 Å². The van der Waals surface area contributed by atoms with Gasteiger partial charge in [0.1, 0.15) is 0 Å². The van der Waals surface area contributed by atoms with Gasteiger partial charge in [0.25, 0.3) is 0 Å².